The molecule has 0 saturated heterocycles. The summed E-state index contributed by atoms with van der Waals surface area (Å²) in [6.07, 6.45) is 3.77. The summed E-state index contributed by atoms with van der Waals surface area (Å²) in [6.45, 7) is 1.56. The lowest BCUT2D eigenvalue weighted by Crippen LogP contribution is -2.30. The minimum atomic E-state index is -3.18. The van der Waals surface area contributed by atoms with Crippen molar-refractivity contribution >= 4 is 15.8 Å². The molecule has 1 fully saturated rings. The van der Waals surface area contributed by atoms with Crippen LogP contribution in [0.15, 0.2) is 0 Å². The molecular weight excluding hydrogens is 216 g/mol. The van der Waals surface area contributed by atoms with E-state index in [1.165, 1.54) is 0 Å². The van der Waals surface area contributed by atoms with E-state index in [-0.39, 0.29) is 17.4 Å². The van der Waals surface area contributed by atoms with Gasteiger partial charge in [-0.3, -0.25) is 4.79 Å². The highest BCUT2D eigenvalue weighted by Gasteiger charge is 2.33. The van der Waals surface area contributed by atoms with E-state index in [4.69, 9.17) is 5.11 Å². The Balaban J connectivity index is 2.70. The summed E-state index contributed by atoms with van der Waals surface area (Å²) in [5.41, 5.74) is 0. The number of hydrogen-bond donors (Lipinski definition) is 1. The van der Waals surface area contributed by atoms with E-state index in [9.17, 15) is 13.2 Å². The average molecular weight is 234 g/mol. The molecule has 1 N–H and O–H groups in total. The molecule has 1 rings (SSSR count). The maximum atomic E-state index is 11.4. The molecule has 0 amide bonds. The van der Waals surface area contributed by atoms with Crippen LogP contribution in [0.25, 0.3) is 0 Å². The number of aliphatic carboxylic acids is 1. The lowest BCUT2D eigenvalue weighted by molar-refractivity contribution is -0.142. The monoisotopic (exact) mass is 234 g/mol. The molecule has 0 spiro atoms. The predicted molar refractivity (Wildman–Crippen MR) is 57.4 cm³/mol. The Morgan fingerprint density at radius 2 is 1.93 bits per heavy atom. The summed E-state index contributed by atoms with van der Waals surface area (Å²) in [6, 6.07) is 0. The highest BCUT2D eigenvalue weighted by atomic mass is 32.2. The summed E-state index contributed by atoms with van der Waals surface area (Å²) < 4.78 is 22.8. The quantitative estimate of drug-likeness (QED) is 0.778. The third-order valence-corrected chi connectivity index (χ3v) is 4.91. The maximum absolute atomic E-state index is 11.4. The van der Waals surface area contributed by atoms with E-state index in [1.54, 1.807) is 6.92 Å². The molecule has 0 aromatic rings. The minimum Gasteiger partial charge on any atom is -0.481 e. The molecule has 1 aliphatic carbocycles. The SMILES string of the molecule is CCS(=O)(=O)C[C@H](C(=O)O)C1CCCC1. The van der Waals surface area contributed by atoms with Gasteiger partial charge in [-0.05, 0) is 18.8 Å². The van der Waals surface area contributed by atoms with Crippen molar-refractivity contribution < 1.29 is 18.3 Å². The van der Waals surface area contributed by atoms with Gasteiger partial charge in [-0.2, -0.15) is 0 Å². The molecule has 0 unspecified atom stereocenters. The topological polar surface area (TPSA) is 71.4 Å². The molecule has 0 bridgehead atoms. The first kappa shape index (κ1) is 12.5. The van der Waals surface area contributed by atoms with E-state index in [0.29, 0.717) is 0 Å². The summed E-state index contributed by atoms with van der Waals surface area (Å²) in [4.78, 5) is 11.0. The standard InChI is InChI=1S/C10H18O4S/c1-2-15(13,14)7-9(10(11)12)8-5-3-4-6-8/h8-9H,2-7H2,1H3,(H,11,12)/t9-/m0/s1. The number of carbonyl (C=O) groups is 1. The summed E-state index contributed by atoms with van der Waals surface area (Å²) in [7, 11) is -3.18. The molecule has 1 atom stereocenters. The van der Waals surface area contributed by atoms with Gasteiger partial charge in [0.1, 0.15) is 0 Å². The zero-order valence-electron chi connectivity index (χ0n) is 8.98. The summed E-state index contributed by atoms with van der Waals surface area (Å²) in [5.74, 6) is -1.76. The fourth-order valence-corrected chi connectivity index (χ4v) is 3.36. The Bertz CT molecular complexity index is 314. The smallest absolute Gasteiger partial charge is 0.307 e. The maximum Gasteiger partial charge on any atom is 0.307 e. The van der Waals surface area contributed by atoms with Gasteiger partial charge in [-0.1, -0.05) is 19.8 Å². The van der Waals surface area contributed by atoms with Crippen LogP contribution in [0.2, 0.25) is 0 Å². The van der Waals surface area contributed by atoms with Crippen LogP contribution in [0.5, 0.6) is 0 Å². The van der Waals surface area contributed by atoms with Crippen LogP contribution < -0.4 is 0 Å². The van der Waals surface area contributed by atoms with Gasteiger partial charge < -0.3 is 5.11 Å². The van der Waals surface area contributed by atoms with E-state index in [2.05, 4.69) is 0 Å². The normalized spacial score (nSPS) is 20.3. The second kappa shape index (κ2) is 4.96. The van der Waals surface area contributed by atoms with Gasteiger partial charge in [0.25, 0.3) is 0 Å². The molecule has 1 aliphatic rings. The third-order valence-electron chi connectivity index (χ3n) is 3.16. The third kappa shape index (κ3) is 3.48. The second-order valence-electron chi connectivity index (χ2n) is 4.19. The minimum absolute atomic E-state index is 0.0313. The van der Waals surface area contributed by atoms with Gasteiger partial charge >= 0.3 is 5.97 Å². The first-order valence-corrected chi connectivity index (χ1v) is 7.21. The highest BCUT2D eigenvalue weighted by Crippen LogP contribution is 2.32. The van der Waals surface area contributed by atoms with Crippen molar-refractivity contribution in [3.05, 3.63) is 0 Å². The molecule has 0 heterocycles. The highest BCUT2D eigenvalue weighted by molar-refractivity contribution is 7.91. The zero-order valence-corrected chi connectivity index (χ0v) is 9.79. The van der Waals surface area contributed by atoms with Crippen molar-refractivity contribution in [1.82, 2.24) is 0 Å². The number of sulfone groups is 1. The molecule has 0 aliphatic heterocycles. The van der Waals surface area contributed by atoms with Crippen LogP contribution in [0.4, 0.5) is 0 Å². The molecule has 0 aromatic heterocycles. The van der Waals surface area contributed by atoms with Crippen LogP contribution >= 0.6 is 0 Å². The van der Waals surface area contributed by atoms with E-state index in [0.717, 1.165) is 25.7 Å². The van der Waals surface area contributed by atoms with E-state index < -0.39 is 21.7 Å². The van der Waals surface area contributed by atoms with Crippen molar-refractivity contribution in [2.75, 3.05) is 11.5 Å². The number of carboxylic acids is 1. The van der Waals surface area contributed by atoms with E-state index >= 15 is 0 Å². The Morgan fingerprint density at radius 3 is 2.33 bits per heavy atom. The van der Waals surface area contributed by atoms with Crippen molar-refractivity contribution in [2.24, 2.45) is 11.8 Å². The van der Waals surface area contributed by atoms with Gasteiger partial charge in [0.2, 0.25) is 0 Å². The van der Waals surface area contributed by atoms with Crippen molar-refractivity contribution in [1.29, 1.82) is 0 Å². The van der Waals surface area contributed by atoms with Crippen LogP contribution in [-0.2, 0) is 14.6 Å². The molecule has 1 saturated carbocycles. The van der Waals surface area contributed by atoms with Crippen molar-refractivity contribution in [3.8, 4) is 0 Å². The second-order valence-corrected chi connectivity index (χ2v) is 6.59. The Morgan fingerprint density at radius 1 is 1.40 bits per heavy atom. The molecule has 0 radical (unpaired) electrons. The molecule has 5 heteroatoms. The van der Waals surface area contributed by atoms with Gasteiger partial charge in [-0.15, -0.1) is 0 Å². The molecule has 0 aromatic carbocycles. The van der Waals surface area contributed by atoms with Crippen LogP contribution in [0.1, 0.15) is 32.6 Å². The summed E-state index contributed by atoms with van der Waals surface area (Å²) >= 11 is 0. The predicted octanol–water partition coefficient (Wildman–Crippen LogP) is 1.31. The zero-order chi connectivity index (χ0) is 11.5. The largest absolute Gasteiger partial charge is 0.481 e. The Kier molecular flexibility index (Phi) is 4.13. The number of carboxylic acid groups (broad SMARTS) is 1. The lowest BCUT2D eigenvalue weighted by Gasteiger charge is -2.18. The lowest BCUT2D eigenvalue weighted by atomic mass is 9.93. The van der Waals surface area contributed by atoms with Crippen molar-refractivity contribution in [3.63, 3.8) is 0 Å². The molecular formula is C10H18O4S. The van der Waals surface area contributed by atoms with Gasteiger partial charge in [0.15, 0.2) is 9.84 Å². The first-order chi connectivity index (χ1) is 6.96. The van der Waals surface area contributed by atoms with Gasteiger partial charge in [-0.25, -0.2) is 8.42 Å². The van der Waals surface area contributed by atoms with Crippen LogP contribution in [0, 0.1) is 11.8 Å². The van der Waals surface area contributed by atoms with Crippen molar-refractivity contribution in [2.45, 2.75) is 32.6 Å². The number of rotatable bonds is 5. The Labute approximate surface area is 90.6 Å². The fraction of sp³-hybridized carbons (Fsp3) is 0.900. The van der Waals surface area contributed by atoms with Gasteiger partial charge in [0.05, 0.1) is 11.7 Å². The molecule has 88 valence electrons. The van der Waals surface area contributed by atoms with Crippen LogP contribution in [-0.4, -0.2) is 31.0 Å². The Hall–Kier alpha value is -0.580. The number of hydrogen-bond acceptors (Lipinski definition) is 3. The first-order valence-electron chi connectivity index (χ1n) is 5.39. The fourth-order valence-electron chi connectivity index (χ4n) is 2.16. The average Bonchev–Trinajstić information content (AvgIpc) is 2.66. The molecule has 4 nitrogen and oxygen atoms in total. The summed E-state index contributed by atoms with van der Waals surface area (Å²) in [5, 5.41) is 9.03. The van der Waals surface area contributed by atoms with Crippen LogP contribution in [0.3, 0.4) is 0 Å². The van der Waals surface area contributed by atoms with E-state index in [1.807, 2.05) is 0 Å². The molecule has 15 heavy (non-hydrogen) atoms. The van der Waals surface area contributed by atoms with Gasteiger partial charge in [0, 0.05) is 5.75 Å².